The molecule has 0 unspecified atom stereocenters. The molecule has 1 aliphatic heterocycles. The smallest absolute Gasteiger partial charge is 0.229 e. The maximum atomic E-state index is 12.5. The molecule has 2 aromatic rings. The molecule has 112 valence electrons. The second kappa shape index (κ2) is 6.25. The summed E-state index contributed by atoms with van der Waals surface area (Å²) in [7, 11) is 0. The van der Waals surface area contributed by atoms with Crippen LogP contribution in [0.5, 0.6) is 0 Å². The van der Waals surface area contributed by atoms with Crippen molar-refractivity contribution < 1.29 is 9.53 Å². The van der Waals surface area contributed by atoms with Crippen LogP contribution in [0.1, 0.15) is 19.5 Å². The molecule has 2 aromatic heterocycles. The number of aromatic nitrogens is 1. The number of rotatable bonds is 3. The molecule has 0 aromatic carbocycles. The van der Waals surface area contributed by atoms with E-state index in [1.165, 1.54) is 0 Å². The van der Waals surface area contributed by atoms with E-state index < -0.39 is 0 Å². The summed E-state index contributed by atoms with van der Waals surface area (Å²) >= 11 is 3.26. The number of thiazole rings is 1. The third-order valence-electron chi connectivity index (χ3n) is 3.58. The Morgan fingerprint density at radius 1 is 1.48 bits per heavy atom. The van der Waals surface area contributed by atoms with Crippen molar-refractivity contribution in [3.05, 3.63) is 27.9 Å². The van der Waals surface area contributed by atoms with Gasteiger partial charge in [0.15, 0.2) is 0 Å². The molecule has 1 aliphatic rings. The van der Waals surface area contributed by atoms with E-state index in [2.05, 4.69) is 16.4 Å². The fraction of sp³-hybridized carbons (Fsp3) is 0.467. The largest absolute Gasteiger partial charge is 0.375 e. The Balaban J connectivity index is 1.67. The predicted molar refractivity (Wildman–Crippen MR) is 85.7 cm³/mol. The van der Waals surface area contributed by atoms with Crippen LogP contribution in [0.4, 0.5) is 0 Å². The van der Waals surface area contributed by atoms with Crippen LogP contribution in [0, 0.1) is 0 Å². The van der Waals surface area contributed by atoms with Gasteiger partial charge in [-0.2, -0.15) is 11.3 Å². The summed E-state index contributed by atoms with van der Waals surface area (Å²) in [5.41, 5.74) is 2.00. The first-order chi connectivity index (χ1) is 10.1. The van der Waals surface area contributed by atoms with Crippen LogP contribution in [0.25, 0.3) is 10.6 Å². The summed E-state index contributed by atoms with van der Waals surface area (Å²) in [5, 5.41) is 7.09. The molecule has 0 N–H and O–H groups in total. The summed E-state index contributed by atoms with van der Waals surface area (Å²) in [6.07, 6.45) is 0.486. The highest BCUT2D eigenvalue weighted by Crippen LogP contribution is 2.26. The highest BCUT2D eigenvalue weighted by molar-refractivity contribution is 7.14. The molecule has 1 amide bonds. The Morgan fingerprint density at radius 2 is 2.33 bits per heavy atom. The fourth-order valence-corrected chi connectivity index (χ4v) is 3.95. The Morgan fingerprint density at radius 3 is 3.10 bits per heavy atom. The topological polar surface area (TPSA) is 42.4 Å². The van der Waals surface area contributed by atoms with Gasteiger partial charge in [-0.15, -0.1) is 11.3 Å². The lowest BCUT2D eigenvalue weighted by Crippen LogP contribution is -2.50. The summed E-state index contributed by atoms with van der Waals surface area (Å²) in [5.74, 6) is 0.139. The van der Waals surface area contributed by atoms with Crippen LogP contribution in [0.2, 0.25) is 0 Å². The third kappa shape index (κ3) is 3.33. The van der Waals surface area contributed by atoms with E-state index in [1.54, 1.807) is 22.7 Å². The summed E-state index contributed by atoms with van der Waals surface area (Å²) in [4.78, 5) is 18.9. The summed E-state index contributed by atoms with van der Waals surface area (Å²) < 4.78 is 5.57. The molecule has 2 atom stereocenters. The van der Waals surface area contributed by atoms with Crippen LogP contribution >= 0.6 is 22.7 Å². The molecule has 0 aliphatic carbocycles. The maximum Gasteiger partial charge on any atom is 0.229 e. The number of morpholine rings is 1. The van der Waals surface area contributed by atoms with E-state index in [-0.39, 0.29) is 18.1 Å². The van der Waals surface area contributed by atoms with Crippen LogP contribution in [0.15, 0.2) is 22.2 Å². The number of nitrogens with zero attached hydrogens (tertiary/aromatic N) is 2. The van der Waals surface area contributed by atoms with Gasteiger partial charge in [-0.3, -0.25) is 4.79 Å². The van der Waals surface area contributed by atoms with Crippen molar-refractivity contribution >= 4 is 28.6 Å². The summed E-state index contributed by atoms with van der Waals surface area (Å²) in [6, 6.07) is 2.20. The van der Waals surface area contributed by atoms with Crippen molar-refractivity contribution in [1.82, 2.24) is 9.88 Å². The minimum absolute atomic E-state index is 0.113. The second-order valence-electron chi connectivity index (χ2n) is 5.37. The van der Waals surface area contributed by atoms with Gasteiger partial charge in [0, 0.05) is 22.9 Å². The number of carbonyl (C=O) groups excluding carboxylic acids is 1. The lowest BCUT2D eigenvalue weighted by Gasteiger charge is -2.36. The zero-order valence-electron chi connectivity index (χ0n) is 12.1. The average molecular weight is 322 g/mol. The average Bonchev–Trinajstić information content (AvgIpc) is 3.11. The van der Waals surface area contributed by atoms with Gasteiger partial charge in [-0.05, 0) is 25.3 Å². The van der Waals surface area contributed by atoms with Crippen molar-refractivity contribution in [1.29, 1.82) is 0 Å². The van der Waals surface area contributed by atoms with Crippen molar-refractivity contribution in [2.75, 3.05) is 13.2 Å². The second-order valence-corrected chi connectivity index (χ2v) is 7.01. The van der Waals surface area contributed by atoms with Crippen molar-refractivity contribution in [3.63, 3.8) is 0 Å². The Kier molecular flexibility index (Phi) is 4.37. The molecule has 6 heteroatoms. The van der Waals surface area contributed by atoms with Crippen molar-refractivity contribution in [2.45, 2.75) is 32.4 Å². The van der Waals surface area contributed by atoms with Crippen LogP contribution in [0.3, 0.4) is 0 Å². The van der Waals surface area contributed by atoms with Gasteiger partial charge < -0.3 is 9.64 Å². The molecular weight excluding hydrogens is 304 g/mol. The molecule has 1 fully saturated rings. The molecular formula is C15H18N2O2S2. The first-order valence-electron chi connectivity index (χ1n) is 7.01. The van der Waals surface area contributed by atoms with E-state index in [0.29, 0.717) is 19.6 Å². The Bertz CT molecular complexity index is 609. The van der Waals surface area contributed by atoms with E-state index in [1.807, 2.05) is 29.5 Å². The monoisotopic (exact) mass is 322 g/mol. The zero-order chi connectivity index (χ0) is 14.8. The molecule has 0 radical (unpaired) electrons. The lowest BCUT2D eigenvalue weighted by molar-refractivity contribution is -0.142. The molecule has 0 saturated carbocycles. The Labute approximate surface area is 132 Å². The molecule has 3 heterocycles. The van der Waals surface area contributed by atoms with Crippen LogP contribution < -0.4 is 0 Å². The summed E-state index contributed by atoms with van der Waals surface area (Å²) in [6.45, 7) is 5.32. The van der Waals surface area contributed by atoms with E-state index in [4.69, 9.17) is 4.74 Å². The number of amides is 1. The number of hydrogen-bond donors (Lipinski definition) is 0. The van der Waals surface area contributed by atoms with Crippen molar-refractivity contribution in [2.24, 2.45) is 0 Å². The van der Waals surface area contributed by atoms with Gasteiger partial charge in [0.1, 0.15) is 5.01 Å². The lowest BCUT2D eigenvalue weighted by atomic mass is 10.2. The Hall–Kier alpha value is -1.24. The maximum absolute atomic E-state index is 12.5. The minimum Gasteiger partial charge on any atom is -0.375 e. The van der Waals surface area contributed by atoms with Crippen LogP contribution in [-0.2, 0) is 16.0 Å². The predicted octanol–water partition coefficient (Wildman–Crippen LogP) is 3.05. The number of thiophene rings is 1. The molecule has 21 heavy (non-hydrogen) atoms. The number of hydrogen-bond acceptors (Lipinski definition) is 5. The van der Waals surface area contributed by atoms with E-state index >= 15 is 0 Å². The molecule has 3 rings (SSSR count). The molecule has 4 nitrogen and oxygen atoms in total. The number of carbonyl (C=O) groups is 1. The van der Waals surface area contributed by atoms with E-state index in [9.17, 15) is 4.79 Å². The van der Waals surface area contributed by atoms with Gasteiger partial charge >= 0.3 is 0 Å². The standard InChI is InChI=1S/C15H18N2O2S2/c1-10-7-19-11(2)6-17(10)14(18)5-13-9-21-15(16-13)12-3-4-20-8-12/h3-4,8-11H,5-7H2,1-2H3/t10-,11+/m1/s1. The fourth-order valence-electron chi connectivity index (χ4n) is 2.41. The highest BCUT2D eigenvalue weighted by Gasteiger charge is 2.27. The zero-order valence-corrected chi connectivity index (χ0v) is 13.7. The first-order valence-corrected chi connectivity index (χ1v) is 8.84. The molecule has 0 bridgehead atoms. The van der Waals surface area contributed by atoms with Gasteiger partial charge in [0.2, 0.25) is 5.91 Å². The van der Waals surface area contributed by atoms with Gasteiger partial charge in [-0.25, -0.2) is 4.98 Å². The highest BCUT2D eigenvalue weighted by atomic mass is 32.1. The van der Waals surface area contributed by atoms with Crippen molar-refractivity contribution in [3.8, 4) is 10.6 Å². The third-order valence-corrected chi connectivity index (χ3v) is 5.20. The minimum atomic E-state index is 0.113. The van der Waals surface area contributed by atoms with Crippen LogP contribution in [-0.4, -0.2) is 41.1 Å². The molecule has 1 saturated heterocycles. The van der Waals surface area contributed by atoms with E-state index in [0.717, 1.165) is 16.3 Å². The SMILES string of the molecule is C[C@@H]1CO[C@@H](C)CN1C(=O)Cc1csc(-c2ccsc2)n1. The van der Waals surface area contributed by atoms with Gasteiger partial charge in [0.05, 0.1) is 30.9 Å². The first kappa shape index (κ1) is 14.7. The number of ether oxygens (including phenoxy) is 1. The van der Waals surface area contributed by atoms with Gasteiger partial charge in [0.25, 0.3) is 0 Å². The molecule has 0 spiro atoms. The quantitative estimate of drug-likeness (QED) is 0.872. The van der Waals surface area contributed by atoms with Gasteiger partial charge in [-0.1, -0.05) is 0 Å². The normalized spacial score (nSPS) is 22.5.